The van der Waals surface area contributed by atoms with Crippen LogP contribution in [0.25, 0.3) is 11.0 Å². The van der Waals surface area contributed by atoms with E-state index in [0.717, 1.165) is 30.2 Å². The van der Waals surface area contributed by atoms with Crippen molar-refractivity contribution >= 4 is 22.7 Å². The Kier molecular flexibility index (Phi) is 6.32. The van der Waals surface area contributed by atoms with Crippen molar-refractivity contribution in [2.45, 2.75) is 94.8 Å². The van der Waals surface area contributed by atoms with E-state index >= 15 is 0 Å². The second kappa shape index (κ2) is 9.61. The third-order valence-corrected chi connectivity index (χ3v) is 9.39. The lowest BCUT2D eigenvalue weighted by molar-refractivity contribution is -0.132. The quantitative estimate of drug-likeness (QED) is 0.296. The Labute approximate surface area is 211 Å². The molecule has 4 fully saturated rings. The number of hydrogen-bond acceptors (Lipinski definition) is 7. The predicted octanol–water partition coefficient (Wildman–Crippen LogP) is 4.27. The molecule has 4 aliphatic rings. The van der Waals surface area contributed by atoms with E-state index in [2.05, 4.69) is 15.0 Å². The van der Waals surface area contributed by atoms with Crippen LogP contribution in [0.3, 0.4) is 0 Å². The summed E-state index contributed by atoms with van der Waals surface area (Å²) in [5.74, 6) is 0.910. The number of carbonyl (C=O) groups excluding carboxylic acids is 1. The number of rotatable bonds is 4. The molecule has 2 aliphatic carbocycles. The Morgan fingerprint density at radius 3 is 2.28 bits per heavy atom. The maximum atomic E-state index is 13.8. The SMILES string of the molecule is COC(=O)/C(=N\O)c1nc2ccccc2n([C@H]2C[C@H]3CCC[C@@H](C2)N3C2CC3CCCC(C3)C2)c1=O. The van der Waals surface area contributed by atoms with Crippen LogP contribution in [0.4, 0.5) is 0 Å². The van der Waals surface area contributed by atoms with Gasteiger partial charge in [-0.25, -0.2) is 9.78 Å². The first-order valence-electron chi connectivity index (χ1n) is 13.7. The van der Waals surface area contributed by atoms with Crippen molar-refractivity contribution in [2.24, 2.45) is 17.0 Å². The van der Waals surface area contributed by atoms with Gasteiger partial charge in [-0.1, -0.05) is 43.0 Å². The van der Waals surface area contributed by atoms with Gasteiger partial charge in [-0.05, 0) is 68.9 Å². The molecule has 2 saturated carbocycles. The molecule has 1 aromatic carbocycles. The van der Waals surface area contributed by atoms with Gasteiger partial charge >= 0.3 is 5.97 Å². The van der Waals surface area contributed by atoms with E-state index in [1.807, 2.05) is 28.8 Å². The molecular formula is C28H36N4O4. The predicted molar refractivity (Wildman–Crippen MR) is 136 cm³/mol. The van der Waals surface area contributed by atoms with E-state index in [0.29, 0.717) is 23.6 Å². The molecule has 4 bridgehead atoms. The van der Waals surface area contributed by atoms with E-state index in [4.69, 9.17) is 4.74 Å². The van der Waals surface area contributed by atoms with Gasteiger partial charge in [0, 0.05) is 24.2 Å². The first-order valence-corrected chi connectivity index (χ1v) is 13.7. The van der Waals surface area contributed by atoms with E-state index in [9.17, 15) is 14.8 Å². The molecule has 2 aliphatic heterocycles. The van der Waals surface area contributed by atoms with Crippen LogP contribution in [0, 0.1) is 11.8 Å². The molecule has 3 heterocycles. The second-order valence-corrected chi connectivity index (χ2v) is 11.4. The van der Waals surface area contributed by atoms with Crippen LogP contribution >= 0.6 is 0 Å². The number of nitrogens with zero attached hydrogens (tertiary/aromatic N) is 4. The van der Waals surface area contributed by atoms with Crippen LogP contribution in [-0.4, -0.2) is 56.6 Å². The highest BCUT2D eigenvalue weighted by Gasteiger charge is 2.45. The van der Waals surface area contributed by atoms with Crippen molar-refractivity contribution in [2.75, 3.05) is 7.11 Å². The lowest BCUT2D eigenvalue weighted by atomic mass is 9.68. The van der Waals surface area contributed by atoms with Crippen LogP contribution in [0.1, 0.15) is 82.4 Å². The first-order chi connectivity index (χ1) is 17.6. The third kappa shape index (κ3) is 4.03. The molecule has 1 N–H and O–H groups in total. The highest BCUT2D eigenvalue weighted by atomic mass is 16.5. The fourth-order valence-corrected chi connectivity index (χ4v) is 8.09. The van der Waals surface area contributed by atoms with Crippen LogP contribution in [0.15, 0.2) is 34.2 Å². The van der Waals surface area contributed by atoms with Crippen molar-refractivity contribution in [1.82, 2.24) is 14.5 Å². The van der Waals surface area contributed by atoms with Gasteiger partial charge in [0.2, 0.25) is 5.71 Å². The minimum Gasteiger partial charge on any atom is -0.464 e. The molecule has 2 aromatic rings. The standard InChI is InChI=1S/C28H36N4O4/c1-36-28(34)26(30-35)25-27(33)32(24-11-3-2-10-23(24)29-25)22-15-19-8-5-9-20(16-22)31(19)21-13-17-6-4-7-18(12-17)14-21/h2-3,10-11,17-22,35H,4-9,12-16H2,1H3/b30-26-/t17?,18?,19-,20+,21?,22+. The average molecular weight is 493 g/mol. The zero-order valence-electron chi connectivity index (χ0n) is 21.0. The molecular weight excluding hydrogens is 456 g/mol. The fraction of sp³-hybridized carbons (Fsp3) is 0.643. The van der Waals surface area contributed by atoms with Gasteiger partial charge in [0.25, 0.3) is 5.56 Å². The molecule has 2 saturated heterocycles. The summed E-state index contributed by atoms with van der Waals surface area (Å²) in [5, 5.41) is 12.6. The molecule has 6 rings (SSSR count). The average Bonchev–Trinajstić information content (AvgIpc) is 2.88. The zero-order chi connectivity index (χ0) is 24.8. The van der Waals surface area contributed by atoms with E-state index < -0.39 is 17.2 Å². The molecule has 8 nitrogen and oxygen atoms in total. The monoisotopic (exact) mass is 492 g/mol. The third-order valence-electron chi connectivity index (χ3n) is 9.39. The summed E-state index contributed by atoms with van der Waals surface area (Å²) < 4.78 is 6.58. The molecule has 0 amide bonds. The summed E-state index contributed by atoms with van der Waals surface area (Å²) in [6.45, 7) is 0. The Morgan fingerprint density at radius 1 is 0.944 bits per heavy atom. The van der Waals surface area contributed by atoms with Gasteiger partial charge in [-0.15, -0.1) is 0 Å². The van der Waals surface area contributed by atoms with Gasteiger partial charge < -0.3 is 14.5 Å². The second-order valence-electron chi connectivity index (χ2n) is 11.4. The minimum absolute atomic E-state index is 0.0105. The van der Waals surface area contributed by atoms with Crippen LogP contribution in [0.5, 0.6) is 0 Å². The number of ether oxygens (including phenoxy) is 1. The van der Waals surface area contributed by atoms with Gasteiger partial charge in [-0.3, -0.25) is 9.69 Å². The number of aromatic nitrogens is 2. The van der Waals surface area contributed by atoms with E-state index in [1.54, 1.807) is 0 Å². The number of hydrogen-bond donors (Lipinski definition) is 1. The van der Waals surface area contributed by atoms with Crippen molar-refractivity contribution in [3.05, 3.63) is 40.3 Å². The molecule has 36 heavy (non-hydrogen) atoms. The molecule has 8 heteroatoms. The summed E-state index contributed by atoms with van der Waals surface area (Å²) in [4.78, 5) is 33.4. The lowest BCUT2D eigenvalue weighted by Gasteiger charge is -2.55. The maximum absolute atomic E-state index is 13.8. The molecule has 0 radical (unpaired) electrons. The Bertz CT molecular complexity index is 1210. The van der Waals surface area contributed by atoms with Crippen LogP contribution in [0.2, 0.25) is 0 Å². The van der Waals surface area contributed by atoms with Crippen LogP contribution < -0.4 is 5.56 Å². The zero-order valence-corrected chi connectivity index (χ0v) is 21.0. The molecule has 2 unspecified atom stereocenters. The number of carbonyl (C=O) groups is 1. The number of esters is 1. The summed E-state index contributed by atoms with van der Waals surface area (Å²) >= 11 is 0. The smallest absolute Gasteiger partial charge is 0.362 e. The summed E-state index contributed by atoms with van der Waals surface area (Å²) in [6, 6.07) is 9.16. The largest absolute Gasteiger partial charge is 0.464 e. The number of benzene rings is 1. The van der Waals surface area contributed by atoms with Crippen molar-refractivity contribution in [3.8, 4) is 0 Å². The maximum Gasteiger partial charge on any atom is 0.362 e. The number of oxime groups is 1. The Balaban J connectivity index is 1.37. The lowest BCUT2D eigenvalue weighted by Crippen LogP contribution is -2.58. The molecule has 5 atom stereocenters. The van der Waals surface area contributed by atoms with Crippen molar-refractivity contribution in [3.63, 3.8) is 0 Å². The Morgan fingerprint density at radius 2 is 1.61 bits per heavy atom. The topological polar surface area (TPSA) is 97.0 Å². The normalized spacial score (nSPS) is 32.9. The highest BCUT2D eigenvalue weighted by molar-refractivity contribution is 6.42. The number of piperidine rings is 2. The summed E-state index contributed by atoms with van der Waals surface area (Å²) in [7, 11) is 1.20. The van der Waals surface area contributed by atoms with Crippen LogP contribution in [-0.2, 0) is 9.53 Å². The number of methoxy groups -OCH3 is 1. The van der Waals surface area contributed by atoms with Gasteiger partial charge in [0.15, 0.2) is 5.69 Å². The fourth-order valence-electron chi connectivity index (χ4n) is 8.09. The van der Waals surface area contributed by atoms with Crippen molar-refractivity contribution in [1.29, 1.82) is 0 Å². The molecule has 192 valence electrons. The van der Waals surface area contributed by atoms with Crippen molar-refractivity contribution < 1.29 is 14.7 Å². The summed E-state index contributed by atoms with van der Waals surface area (Å²) in [5.41, 5.74) is 0.363. The van der Waals surface area contributed by atoms with Gasteiger partial charge in [0.05, 0.1) is 18.1 Å². The number of para-hydroxylation sites is 2. The van der Waals surface area contributed by atoms with E-state index in [1.165, 1.54) is 64.9 Å². The van der Waals surface area contributed by atoms with E-state index in [-0.39, 0.29) is 11.7 Å². The van der Waals surface area contributed by atoms with Gasteiger partial charge in [0.1, 0.15) is 0 Å². The Hall–Kier alpha value is -2.74. The van der Waals surface area contributed by atoms with Gasteiger partial charge in [-0.2, -0.15) is 0 Å². The first kappa shape index (κ1) is 23.6. The molecule has 1 aromatic heterocycles. The molecule has 0 spiro atoms. The summed E-state index contributed by atoms with van der Waals surface area (Å²) in [6.07, 6.45) is 13.7. The highest BCUT2D eigenvalue weighted by Crippen LogP contribution is 2.47. The number of fused-ring (bicyclic) bond motifs is 5. The minimum atomic E-state index is -0.876.